The molecule has 0 fully saturated rings. The fourth-order valence-electron chi connectivity index (χ4n) is 2.49. The second kappa shape index (κ2) is 6.31. The van der Waals surface area contributed by atoms with Crippen molar-refractivity contribution in [2.45, 2.75) is 31.3 Å². The third-order valence-electron chi connectivity index (χ3n) is 3.71. The molecule has 2 rings (SSSR count). The molecule has 0 saturated heterocycles. The van der Waals surface area contributed by atoms with Gasteiger partial charge in [0.15, 0.2) is 5.60 Å². The lowest BCUT2D eigenvalue weighted by Gasteiger charge is -2.30. The van der Waals surface area contributed by atoms with E-state index < -0.39 is 47.2 Å². The lowest BCUT2D eigenvalue weighted by atomic mass is 9.87. The number of alkyl halides is 6. The molecule has 0 saturated carbocycles. The van der Waals surface area contributed by atoms with Gasteiger partial charge in [-0.05, 0) is 19.1 Å². The molecule has 0 bridgehead atoms. The molecule has 0 aliphatic rings. The average Bonchev–Trinajstić information content (AvgIpc) is 2.81. The second-order valence-electron chi connectivity index (χ2n) is 5.55. The molecule has 1 atom stereocenters. The van der Waals surface area contributed by atoms with E-state index in [1.54, 1.807) is 6.07 Å². The van der Waals surface area contributed by atoms with E-state index in [9.17, 15) is 36.2 Å². The number of anilines is 1. The van der Waals surface area contributed by atoms with Crippen LogP contribution in [0, 0.1) is 6.92 Å². The Morgan fingerprint density at radius 1 is 1.15 bits per heavy atom. The van der Waals surface area contributed by atoms with Crippen molar-refractivity contribution < 1.29 is 36.2 Å². The number of aliphatic hydroxyl groups is 1. The Hall–Kier alpha value is -2.56. The molecule has 0 aliphatic heterocycles. The highest BCUT2D eigenvalue weighted by molar-refractivity contribution is 5.85. The molecular formula is C15H13F6N3O2. The first kappa shape index (κ1) is 19.8. The number of nitrogens with zero attached hydrogens (tertiary/aromatic N) is 2. The third-order valence-corrected chi connectivity index (χ3v) is 3.71. The van der Waals surface area contributed by atoms with Crippen LogP contribution in [0.1, 0.15) is 17.7 Å². The fourth-order valence-corrected chi connectivity index (χ4v) is 2.49. The normalized spacial score (nSPS) is 14.9. The predicted molar refractivity (Wildman–Crippen MR) is 78.3 cm³/mol. The van der Waals surface area contributed by atoms with Crippen LogP contribution in [0.4, 0.5) is 32.2 Å². The predicted octanol–water partition coefficient (Wildman–Crippen LogP) is 3.03. The van der Waals surface area contributed by atoms with Crippen LogP contribution in [0.25, 0.3) is 5.69 Å². The van der Waals surface area contributed by atoms with Gasteiger partial charge in [-0.1, -0.05) is 18.2 Å². The molecule has 142 valence electrons. The molecule has 0 unspecified atom stereocenters. The van der Waals surface area contributed by atoms with Crippen LogP contribution < -0.4 is 5.73 Å². The standard InChI is InChI=1S/C15H13F6N3O2/c1-8-11(12(22)24(23-8)9-5-3-2-4-6-9)13(26,15(19,20)21)7-10(25)14(16,17)18/h2-6,26H,7,22H2,1H3/t13-/m1/s1. The summed E-state index contributed by atoms with van der Waals surface area (Å²) in [7, 11) is 0. The molecular weight excluding hydrogens is 368 g/mol. The summed E-state index contributed by atoms with van der Waals surface area (Å²) in [5.74, 6) is -3.45. The number of aromatic nitrogens is 2. The molecule has 5 nitrogen and oxygen atoms in total. The molecule has 1 heterocycles. The zero-order valence-electron chi connectivity index (χ0n) is 13.2. The van der Waals surface area contributed by atoms with Gasteiger partial charge in [-0.15, -0.1) is 0 Å². The number of nitrogen functional groups attached to an aromatic ring is 1. The monoisotopic (exact) mass is 381 g/mol. The van der Waals surface area contributed by atoms with Gasteiger partial charge < -0.3 is 10.8 Å². The number of para-hydroxylation sites is 1. The average molecular weight is 381 g/mol. The smallest absolute Gasteiger partial charge is 0.383 e. The number of benzene rings is 1. The molecule has 1 aromatic carbocycles. The summed E-state index contributed by atoms with van der Waals surface area (Å²) < 4.78 is 78.6. The van der Waals surface area contributed by atoms with Crippen molar-refractivity contribution >= 4 is 11.6 Å². The Bertz CT molecular complexity index is 813. The third kappa shape index (κ3) is 3.39. The van der Waals surface area contributed by atoms with E-state index >= 15 is 0 Å². The maximum Gasteiger partial charge on any atom is 0.450 e. The van der Waals surface area contributed by atoms with Gasteiger partial charge in [0, 0.05) is 0 Å². The van der Waals surface area contributed by atoms with Crippen molar-refractivity contribution in [3.63, 3.8) is 0 Å². The molecule has 26 heavy (non-hydrogen) atoms. The quantitative estimate of drug-likeness (QED) is 0.798. The van der Waals surface area contributed by atoms with E-state index in [0.717, 1.165) is 11.6 Å². The minimum atomic E-state index is -5.60. The lowest BCUT2D eigenvalue weighted by Crippen LogP contribution is -2.47. The number of carbonyl (C=O) groups is 1. The van der Waals surface area contributed by atoms with Gasteiger partial charge in [-0.25, -0.2) is 4.68 Å². The van der Waals surface area contributed by atoms with E-state index in [1.807, 2.05) is 0 Å². The second-order valence-corrected chi connectivity index (χ2v) is 5.55. The lowest BCUT2D eigenvalue weighted by molar-refractivity contribution is -0.270. The number of hydrogen-bond acceptors (Lipinski definition) is 4. The van der Waals surface area contributed by atoms with E-state index in [1.165, 1.54) is 24.3 Å². The summed E-state index contributed by atoms with van der Waals surface area (Å²) in [6, 6.07) is 7.58. The van der Waals surface area contributed by atoms with Crippen molar-refractivity contribution in [3.05, 3.63) is 41.6 Å². The van der Waals surface area contributed by atoms with Gasteiger partial charge >= 0.3 is 12.4 Å². The molecule has 0 spiro atoms. The van der Waals surface area contributed by atoms with Gasteiger partial charge in [0.2, 0.25) is 5.78 Å². The van der Waals surface area contributed by atoms with Crippen molar-refractivity contribution in [1.82, 2.24) is 9.78 Å². The number of Topliss-reactive ketones (excluding diaryl/α,β-unsaturated/α-hetero) is 1. The van der Waals surface area contributed by atoms with E-state index in [2.05, 4.69) is 5.10 Å². The Kier molecular flexibility index (Phi) is 4.79. The fraction of sp³-hybridized carbons (Fsp3) is 0.333. The van der Waals surface area contributed by atoms with Gasteiger partial charge in [0.1, 0.15) is 5.82 Å². The van der Waals surface area contributed by atoms with Crippen LogP contribution in [0.3, 0.4) is 0 Å². The van der Waals surface area contributed by atoms with Crippen molar-refractivity contribution in [1.29, 1.82) is 0 Å². The van der Waals surface area contributed by atoms with Crippen LogP contribution in [0.2, 0.25) is 0 Å². The van der Waals surface area contributed by atoms with Gasteiger partial charge in [-0.3, -0.25) is 4.79 Å². The Morgan fingerprint density at radius 3 is 2.15 bits per heavy atom. The largest absolute Gasteiger partial charge is 0.450 e. The minimum Gasteiger partial charge on any atom is -0.383 e. The number of ketones is 1. The highest BCUT2D eigenvalue weighted by Gasteiger charge is 2.61. The summed E-state index contributed by atoms with van der Waals surface area (Å²) in [6.45, 7) is 1.04. The number of carbonyl (C=O) groups excluding carboxylic acids is 1. The molecule has 0 radical (unpaired) electrons. The number of aryl methyl sites for hydroxylation is 1. The maximum atomic E-state index is 13.4. The van der Waals surface area contributed by atoms with E-state index in [0.29, 0.717) is 0 Å². The molecule has 0 amide bonds. The summed E-state index contributed by atoms with van der Waals surface area (Å²) in [4.78, 5) is 11.1. The zero-order chi connectivity index (χ0) is 19.9. The first-order chi connectivity index (χ1) is 11.8. The molecule has 11 heteroatoms. The SMILES string of the molecule is Cc1nn(-c2ccccc2)c(N)c1[C@](O)(CC(=O)C(F)(F)F)C(F)(F)F. The number of nitrogens with two attached hydrogens (primary N) is 1. The highest BCUT2D eigenvalue weighted by Crippen LogP contribution is 2.46. The summed E-state index contributed by atoms with van der Waals surface area (Å²) in [6.07, 6.45) is -13.4. The van der Waals surface area contributed by atoms with Crippen LogP contribution in [-0.2, 0) is 10.4 Å². The molecule has 3 N–H and O–H groups in total. The van der Waals surface area contributed by atoms with Crippen molar-refractivity contribution in [2.75, 3.05) is 5.73 Å². The number of halogens is 6. The maximum absolute atomic E-state index is 13.4. The first-order valence-electron chi connectivity index (χ1n) is 7.09. The number of hydrogen-bond donors (Lipinski definition) is 2. The summed E-state index contributed by atoms with van der Waals surface area (Å²) >= 11 is 0. The van der Waals surface area contributed by atoms with Crippen LogP contribution in [-0.4, -0.2) is 33.0 Å². The summed E-state index contributed by atoms with van der Waals surface area (Å²) in [5.41, 5.74) is 0.193. The Labute approximate surface area is 143 Å². The summed E-state index contributed by atoms with van der Waals surface area (Å²) in [5, 5.41) is 13.9. The van der Waals surface area contributed by atoms with Crippen molar-refractivity contribution in [3.8, 4) is 5.69 Å². The van der Waals surface area contributed by atoms with Gasteiger partial charge in [0.05, 0.1) is 23.4 Å². The van der Waals surface area contributed by atoms with Crippen LogP contribution in [0.5, 0.6) is 0 Å². The minimum absolute atomic E-state index is 0.228. The molecule has 0 aliphatic carbocycles. The van der Waals surface area contributed by atoms with Crippen LogP contribution in [0.15, 0.2) is 30.3 Å². The zero-order valence-corrected chi connectivity index (χ0v) is 13.2. The number of rotatable bonds is 4. The van der Waals surface area contributed by atoms with Gasteiger partial charge in [-0.2, -0.15) is 31.4 Å². The topological polar surface area (TPSA) is 81.1 Å². The Balaban J connectivity index is 2.64. The van der Waals surface area contributed by atoms with E-state index in [4.69, 9.17) is 5.73 Å². The van der Waals surface area contributed by atoms with Crippen molar-refractivity contribution in [2.24, 2.45) is 0 Å². The van der Waals surface area contributed by atoms with Gasteiger partial charge in [0.25, 0.3) is 0 Å². The van der Waals surface area contributed by atoms with E-state index in [-0.39, 0.29) is 5.69 Å². The van der Waals surface area contributed by atoms with Crippen LogP contribution >= 0.6 is 0 Å². The highest BCUT2D eigenvalue weighted by atomic mass is 19.4. The Morgan fingerprint density at radius 2 is 1.69 bits per heavy atom. The first-order valence-corrected chi connectivity index (χ1v) is 7.09. The molecule has 2 aromatic rings. The molecule has 1 aromatic heterocycles.